The lowest BCUT2D eigenvalue weighted by atomic mass is 10.0. The van der Waals surface area contributed by atoms with Crippen molar-refractivity contribution >= 4 is 11.6 Å². The number of rotatable bonds is 6. The van der Waals surface area contributed by atoms with Crippen LogP contribution in [0.2, 0.25) is 5.02 Å². The molecule has 0 bridgehead atoms. The first kappa shape index (κ1) is 14.3. The summed E-state index contributed by atoms with van der Waals surface area (Å²) >= 11 is 5.98. The zero-order valence-electron chi connectivity index (χ0n) is 10.6. The monoisotopic (exact) mass is 257 g/mol. The fourth-order valence-corrected chi connectivity index (χ4v) is 1.98. The Morgan fingerprint density at radius 3 is 2.59 bits per heavy atom. The smallest absolute Gasteiger partial charge is 0.137 e. The van der Waals surface area contributed by atoms with E-state index in [1.807, 2.05) is 19.1 Å². The van der Waals surface area contributed by atoms with Gasteiger partial charge in [0, 0.05) is 6.61 Å². The van der Waals surface area contributed by atoms with Crippen LogP contribution in [0, 0.1) is 0 Å². The molecule has 0 saturated carbocycles. The Morgan fingerprint density at radius 1 is 1.35 bits per heavy atom. The van der Waals surface area contributed by atoms with Gasteiger partial charge in [-0.3, -0.25) is 0 Å². The zero-order valence-corrected chi connectivity index (χ0v) is 11.3. The van der Waals surface area contributed by atoms with Gasteiger partial charge in [-0.05, 0) is 31.0 Å². The fourth-order valence-electron chi connectivity index (χ4n) is 1.79. The molecule has 96 valence electrons. The van der Waals surface area contributed by atoms with Gasteiger partial charge in [0.25, 0.3) is 0 Å². The van der Waals surface area contributed by atoms with Crippen molar-refractivity contribution in [3.63, 3.8) is 0 Å². The summed E-state index contributed by atoms with van der Waals surface area (Å²) in [4.78, 5) is 0. The van der Waals surface area contributed by atoms with E-state index >= 15 is 0 Å². The van der Waals surface area contributed by atoms with Crippen molar-refractivity contribution in [3.8, 4) is 5.75 Å². The van der Waals surface area contributed by atoms with Gasteiger partial charge >= 0.3 is 0 Å². The Morgan fingerprint density at radius 2 is 2.06 bits per heavy atom. The van der Waals surface area contributed by atoms with Gasteiger partial charge in [0.1, 0.15) is 5.75 Å². The average Bonchev–Trinajstić information content (AvgIpc) is 2.35. The van der Waals surface area contributed by atoms with Crippen LogP contribution in [-0.4, -0.2) is 19.8 Å². The molecule has 0 saturated heterocycles. The summed E-state index contributed by atoms with van der Waals surface area (Å²) in [6.07, 6.45) is 0.894. The van der Waals surface area contributed by atoms with Crippen LogP contribution in [0.3, 0.4) is 0 Å². The predicted molar refractivity (Wildman–Crippen MR) is 70.6 cm³/mol. The van der Waals surface area contributed by atoms with Crippen molar-refractivity contribution < 1.29 is 9.47 Å². The second kappa shape index (κ2) is 6.84. The molecule has 0 radical (unpaired) electrons. The van der Waals surface area contributed by atoms with Crippen LogP contribution in [0.1, 0.15) is 31.9 Å². The van der Waals surface area contributed by atoms with Crippen molar-refractivity contribution in [2.75, 3.05) is 13.7 Å². The van der Waals surface area contributed by atoms with Crippen molar-refractivity contribution in [1.29, 1.82) is 0 Å². The number of benzene rings is 1. The Hall–Kier alpha value is -0.770. The lowest BCUT2D eigenvalue weighted by Crippen LogP contribution is -2.28. The predicted octanol–water partition coefficient (Wildman–Crippen LogP) is 3.16. The highest BCUT2D eigenvalue weighted by Gasteiger charge is 2.19. The first-order chi connectivity index (χ1) is 8.13. The van der Waals surface area contributed by atoms with Crippen molar-refractivity contribution in [1.82, 2.24) is 0 Å². The highest BCUT2D eigenvalue weighted by molar-refractivity contribution is 6.32. The van der Waals surface area contributed by atoms with Crippen LogP contribution >= 0.6 is 11.6 Å². The molecule has 1 aromatic carbocycles. The highest BCUT2D eigenvalue weighted by atomic mass is 35.5. The van der Waals surface area contributed by atoms with E-state index in [0.717, 1.165) is 12.0 Å². The van der Waals surface area contributed by atoms with Crippen LogP contribution in [0.4, 0.5) is 0 Å². The van der Waals surface area contributed by atoms with E-state index in [0.29, 0.717) is 17.4 Å². The second-order valence-corrected chi connectivity index (χ2v) is 4.23. The molecule has 0 aliphatic rings. The van der Waals surface area contributed by atoms with E-state index in [1.54, 1.807) is 13.2 Å². The fraction of sp³-hybridized carbons (Fsp3) is 0.538. The summed E-state index contributed by atoms with van der Waals surface area (Å²) in [6, 6.07) is 5.42. The third-order valence-corrected chi connectivity index (χ3v) is 3.06. The maximum atomic E-state index is 6.19. The number of ether oxygens (including phenoxy) is 2. The zero-order chi connectivity index (χ0) is 12.8. The standard InChI is InChI=1S/C13H20ClNO2/c1-4-11(17-5-2)13(15)9-6-7-10(14)12(8-9)16-3/h6-8,11,13H,4-5,15H2,1-3H3. The van der Waals surface area contributed by atoms with E-state index in [-0.39, 0.29) is 12.1 Å². The number of hydrogen-bond donors (Lipinski definition) is 1. The molecule has 0 amide bonds. The molecule has 17 heavy (non-hydrogen) atoms. The minimum Gasteiger partial charge on any atom is -0.495 e. The van der Waals surface area contributed by atoms with E-state index in [4.69, 9.17) is 26.8 Å². The highest BCUT2D eigenvalue weighted by Crippen LogP contribution is 2.29. The van der Waals surface area contributed by atoms with Crippen molar-refractivity contribution in [2.24, 2.45) is 5.73 Å². The molecule has 1 rings (SSSR count). The maximum Gasteiger partial charge on any atom is 0.137 e. The third-order valence-electron chi connectivity index (χ3n) is 2.74. The van der Waals surface area contributed by atoms with Crippen LogP contribution in [0.25, 0.3) is 0 Å². The molecule has 4 heteroatoms. The van der Waals surface area contributed by atoms with Gasteiger partial charge in [-0.25, -0.2) is 0 Å². The molecular formula is C13H20ClNO2. The lowest BCUT2D eigenvalue weighted by Gasteiger charge is -2.23. The van der Waals surface area contributed by atoms with E-state index in [9.17, 15) is 0 Å². The topological polar surface area (TPSA) is 44.5 Å². The van der Waals surface area contributed by atoms with Gasteiger partial charge in [0.15, 0.2) is 0 Å². The first-order valence-corrected chi connectivity index (χ1v) is 6.22. The number of methoxy groups -OCH3 is 1. The minimum absolute atomic E-state index is 0.0193. The van der Waals surface area contributed by atoms with Crippen LogP contribution in [-0.2, 0) is 4.74 Å². The van der Waals surface area contributed by atoms with E-state index in [1.165, 1.54) is 0 Å². The minimum atomic E-state index is -0.161. The van der Waals surface area contributed by atoms with Gasteiger partial charge in [-0.15, -0.1) is 0 Å². The molecule has 0 fully saturated rings. The molecule has 2 unspecified atom stereocenters. The Balaban J connectivity index is 2.90. The summed E-state index contributed by atoms with van der Waals surface area (Å²) in [5, 5.41) is 0.591. The SMILES string of the molecule is CCOC(CC)C(N)c1ccc(Cl)c(OC)c1. The maximum absolute atomic E-state index is 6.19. The molecule has 2 atom stereocenters. The summed E-state index contributed by atoms with van der Waals surface area (Å²) in [7, 11) is 1.59. The second-order valence-electron chi connectivity index (χ2n) is 3.82. The van der Waals surface area contributed by atoms with Crippen molar-refractivity contribution in [2.45, 2.75) is 32.4 Å². The normalized spacial score (nSPS) is 14.4. The molecule has 0 heterocycles. The summed E-state index contributed by atoms with van der Waals surface area (Å²) in [5.41, 5.74) is 7.16. The van der Waals surface area contributed by atoms with E-state index in [2.05, 4.69) is 6.92 Å². The summed E-state index contributed by atoms with van der Waals surface area (Å²) in [6.45, 7) is 4.70. The summed E-state index contributed by atoms with van der Waals surface area (Å²) in [5.74, 6) is 0.644. The van der Waals surface area contributed by atoms with Crippen LogP contribution in [0.15, 0.2) is 18.2 Å². The van der Waals surface area contributed by atoms with Gasteiger partial charge in [0.05, 0.1) is 24.3 Å². The first-order valence-electron chi connectivity index (χ1n) is 5.84. The number of hydrogen-bond acceptors (Lipinski definition) is 3. The van der Waals surface area contributed by atoms with Gasteiger partial charge < -0.3 is 15.2 Å². The van der Waals surface area contributed by atoms with E-state index < -0.39 is 0 Å². The summed E-state index contributed by atoms with van der Waals surface area (Å²) < 4.78 is 10.8. The Kier molecular flexibility index (Phi) is 5.75. The number of halogens is 1. The third kappa shape index (κ3) is 3.60. The molecule has 0 aliphatic carbocycles. The molecule has 2 N–H and O–H groups in total. The Labute approximate surface area is 108 Å². The Bertz CT molecular complexity index is 357. The van der Waals surface area contributed by atoms with Crippen LogP contribution < -0.4 is 10.5 Å². The molecule has 3 nitrogen and oxygen atoms in total. The van der Waals surface area contributed by atoms with Gasteiger partial charge in [-0.1, -0.05) is 24.6 Å². The molecular weight excluding hydrogens is 238 g/mol. The molecule has 0 aromatic heterocycles. The van der Waals surface area contributed by atoms with Crippen LogP contribution in [0.5, 0.6) is 5.75 Å². The molecule has 0 spiro atoms. The van der Waals surface area contributed by atoms with Gasteiger partial charge in [-0.2, -0.15) is 0 Å². The largest absolute Gasteiger partial charge is 0.495 e. The average molecular weight is 258 g/mol. The molecule has 0 aliphatic heterocycles. The van der Waals surface area contributed by atoms with Gasteiger partial charge in [0.2, 0.25) is 0 Å². The quantitative estimate of drug-likeness (QED) is 0.851. The lowest BCUT2D eigenvalue weighted by molar-refractivity contribution is 0.0413. The van der Waals surface area contributed by atoms with Crippen molar-refractivity contribution in [3.05, 3.63) is 28.8 Å². The molecule has 1 aromatic rings. The number of nitrogens with two attached hydrogens (primary N) is 1.